The number of amidine groups is 1. The van der Waals surface area contributed by atoms with Crippen LogP contribution < -0.4 is 15.5 Å². The summed E-state index contributed by atoms with van der Waals surface area (Å²) in [6, 6.07) is 12.4. The topological polar surface area (TPSA) is 88.1 Å². The van der Waals surface area contributed by atoms with E-state index in [1.165, 1.54) is 0 Å². The highest BCUT2D eigenvalue weighted by Crippen LogP contribution is 2.07. The van der Waals surface area contributed by atoms with Crippen LogP contribution in [0.4, 0.5) is 0 Å². The fourth-order valence-corrected chi connectivity index (χ4v) is 1.40. The van der Waals surface area contributed by atoms with E-state index < -0.39 is 5.97 Å². The van der Waals surface area contributed by atoms with E-state index in [2.05, 4.69) is 15.0 Å². The zero-order valence-electron chi connectivity index (χ0n) is 10.7. The van der Waals surface area contributed by atoms with Crippen LogP contribution in [0.15, 0.2) is 60.0 Å². The van der Waals surface area contributed by atoms with Gasteiger partial charge < -0.3 is 15.3 Å². The van der Waals surface area contributed by atoms with E-state index in [4.69, 9.17) is 10.5 Å². The highest BCUT2D eigenvalue weighted by atomic mass is 16.7. The second kappa shape index (κ2) is 6.89. The van der Waals surface area contributed by atoms with Crippen molar-refractivity contribution in [1.82, 2.24) is 0 Å². The van der Waals surface area contributed by atoms with Crippen LogP contribution in [0.5, 0.6) is 5.75 Å². The summed E-state index contributed by atoms with van der Waals surface area (Å²) in [6.07, 6.45) is 3.39. The summed E-state index contributed by atoms with van der Waals surface area (Å²) in [5, 5.41) is 3.56. The number of aromatic amines is 1. The van der Waals surface area contributed by atoms with Crippen LogP contribution in [0.2, 0.25) is 0 Å². The van der Waals surface area contributed by atoms with E-state index in [1.54, 1.807) is 36.7 Å². The standard InChI is InChI=1S/C14H13N3O3/c15-14(11-6-8-16-9-7-11)17-20-13(18)10-19-12-4-2-1-3-5-12/h1-9H,10H2,(H2,15,17)/p+1. The molecule has 6 nitrogen and oxygen atoms in total. The molecule has 0 radical (unpaired) electrons. The summed E-state index contributed by atoms with van der Waals surface area (Å²) in [5.74, 6) is 0.0753. The fourth-order valence-electron chi connectivity index (χ4n) is 1.40. The normalized spacial score (nSPS) is 10.9. The molecule has 0 spiro atoms. The summed E-state index contributed by atoms with van der Waals surface area (Å²) < 4.78 is 5.22. The van der Waals surface area contributed by atoms with Crippen LogP contribution in [-0.2, 0) is 9.63 Å². The van der Waals surface area contributed by atoms with Gasteiger partial charge in [0.2, 0.25) is 0 Å². The van der Waals surface area contributed by atoms with Crippen molar-refractivity contribution in [1.29, 1.82) is 0 Å². The number of rotatable bonds is 5. The van der Waals surface area contributed by atoms with Gasteiger partial charge in [0.25, 0.3) is 0 Å². The molecular formula is C14H14N3O3+. The maximum atomic E-state index is 11.4. The fraction of sp³-hybridized carbons (Fsp3) is 0.0714. The first-order chi connectivity index (χ1) is 9.75. The average Bonchev–Trinajstić information content (AvgIpc) is 2.52. The van der Waals surface area contributed by atoms with Gasteiger partial charge in [-0.25, -0.2) is 9.78 Å². The lowest BCUT2D eigenvalue weighted by atomic mass is 10.2. The molecule has 0 fully saturated rings. The van der Waals surface area contributed by atoms with E-state index >= 15 is 0 Å². The number of para-hydroxylation sites is 1. The van der Waals surface area contributed by atoms with Crippen molar-refractivity contribution in [3.8, 4) is 5.75 Å². The molecule has 102 valence electrons. The Hall–Kier alpha value is -2.89. The summed E-state index contributed by atoms with van der Waals surface area (Å²) in [5.41, 5.74) is 6.32. The number of carbonyl (C=O) groups excluding carboxylic acids is 1. The van der Waals surface area contributed by atoms with Crippen LogP contribution in [0, 0.1) is 0 Å². The van der Waals surface area contributed by atoms with Gasteiger partial charge in [-0.2, -0.15) is 0 Å². The van der Waals surface area contributed by atoms with Crippen molar-refractivity contribution in [3.63, 3.8) is 0 Å². The molecular weight excluding hydrogens is 258 g/mol. The quantitative estimate of drug-likeness (QED) is 0.376. The van der Waals surface area contributed by atoms with Gasteiger partial charge in [0.1, 0.15) is 5.75 Å². The first-order valence-electron chi connectivity index (χ1n) is 5.93. The zero-order chi connectivity index (χ0) is 14.2. The van der Waals surface area contributed by atoms with Crippen molar-refractivity contribution in [3.05, 3.63) is 60.4 Å². The minimum Gasteiger partial charge on any atom is -0.482 e. The van der Waals surface area contributed by atoms with Gasteiger partial charge in [-0.3, -0.25) is 0 Å². The Morgan fingerprint density at radius 2 is 1.85 bits per heavy atom. The highest BCUT2D eigenvalue weighted by molar-refractivity contribution is 5.97. The molecule has 2 rings (SSSR count). The Labute approximate surface area is 115 Å². The number of carbonyl (C=O) groups is 1. The lowest BCUT2D eigenvalue weighted by molar-refractivity contribution is -0.378. The molecule has 1 aromatic carbocycles. The Kier molecular flexibility index (Phi) is 4.66. The lowest BCUT2D eigenvalue weighted by Gasteiger charge is -2.03. The first-order valence-corrected chi connectivity index (χ1v) is 5.93. The number of pyridine rings is 1. The smallest absolute Gasteiger partial charge is 0.372 e. The molecule has 20 heavy (non-hydrogen) atoms. The zero-order valence-corrected chi connectivity index (χ0v) is 10.7. The number of oxime groups is 1. The number of hydrogen-bond donors (Lipinski definition) is 1. The molecule has 3 N–H and O–H groups in total. The summed E-state index contributed by atoms with van der Waals surface area (Å²) in [7, 11) is 0. The highest BCUT2D eigenvalue weighted by Gasteiger charge is 2.06. The molecule has 0 bridgehead atoms. The minimum atomic E-state index is -0.626. The molecule has 0 saturated heterocycles. The maximum Gasteiger partial charge on any atom is 0.372 e. The summed E-state index contributed by atoms with van der Waals surface area (Å²) >= 11 is 0. The van der Waals surface area contributed by atoms with Crippen molar-refractivity contribution in [2.24, 2.45) is 10.9 Å². The van der Waals surface area contributed by atoms with Crippen LogP contribution >= 0.6 is 0 Å². The van der Waals surface area contributed by atoms with Crippen molar-refractivity contribution in [2.45, 2.75) is 0 Å². The molecule has 2 aromatic rings. The number of aromatic nitrogens is 1. The minimum absolute atomic E-state index is 0.118. The summed E-state index contributed by atoms with van der Waals surface area (Å²) in [6.45, 7) is -0.233. The van der Waals surface area contributed by atoms with Crippen LogP contribution in [0.1, 0.15) is 5.56 Å². The van der Waals surface area contributed by atoms with E-state index in [1.807, 2.05) is 18.2 Å². The van der Waals surface area contributed by atoms with Crippen LogP contribution in [0.25, 0.3) is 0 Å². The molecule has 0 atom stereocenters. The Balaban J connectivity index is 1.83. The predicted molar refractivity (Wildman–Crippen MR) is 71.8 cm³/mol. The molecule has 0 amide bonds. The number of ether oxygens (including phenoxy) is 1. The summed E-state index contributed by atoms with van der Waals surface area (Å²) in [4.78, 5) is 19.0. The molecule has 1 heterocycles. The second-order valence-corrected chi connectivity index (χ2v) is 3.83. The first kappa shape index (κ1) is 13.5. The SMILES string of the molecule is NC(=NOC(=O)COc1ccccc1)c1cc[nH+]cc1. The lowest BCUT2D eigenvalue weighted by Crippen LogP contribution is -2.18. The predicted octanol–water partition coefficient (Wildman–Crippen LogP) is 0.743. The number of nitrogens with one attached hydrogen (secondary N) is 1. The second-order valence-electron chi connectivity index (χ2n) is 3.83. The Morgan fingerprint density at radius 1 is 1.15 bits per heavy atom. The van der Waals surface area contributed by atoms with Crippen molar-refractivity contribution in [2.75, 3.05) is 6.61 Å². The average molecular weight is 272 g/mol. The van der Waals surface area contributed by atoms with Gasteiger partial charge in [0, 0.05) is 17.7 Å². The molecule has 0 saturated carbocycles. The van der Waals surface area contributed by atoms with Crippen molar-refractivity contribution < 1.29 is 19.4 Å². The molecule has 6 heteroatoms. The molecule has 0 unspecified atom stereocenters. The third-order valence-electron chi connectivity index (χ3n) is 2.36. The third kappa shape index (κ3) is 4.09. The van der Waals surface area contributed by atoms with Gasteiger partial charge in [-0.1, -0.05) is 23.4 Å². The monoisotopic (exact) mass is 272 g/mol. The van der Waals surface area contributed by atoms with E-state index in [0.29, 0.717) is 11.3 Å². The number of nitrogens with zero attached hydrogens (tertiary/aromatic N) is 1. The largest absolute Gasteiger partial charge is 0.482 e. The van der Waals surface area contributed by atoms with Crippen LogP contribution in [-0.4, -0.2) is 18.4 Å². The van der Waals surface area contributed by atoms with Gasteiger partial charge in [0.05, 0.1) is 0 Å². The van der Waals surface area contributed by atoms with Gasteiger partial charge in [0.15, 0.2) is 24.8 Å². The third-order valence-corrected chi connectivity index (χ3v) is 2.36. The molecule has 1 aromatic heterocycles. The number of hydrogen-bond acceptors (Lipinski definition) is 4. The van der Waals surface area contributed by atoms with E-state index in [9.17, 15) is 4.79 Å². The maximum absolute atomic E-state index is 11.4. The molecule has 0 aliphatic heterocycles. The van der Waals surface area contributed by atoms with E-state index in [0.717, 1.165) is 0 Å². The van der Waals surface area contributed by atoms with Gasteiger partial charge >= 0.3 is 5.97 Å². The number of nitrogens with two attached hydrogens (primary N) is 1. The molecule has 0 aliphatic rings. The number of benzene rings is 1. The Morgan fingerprint density at radius 3 is 2.55 bits per heavy atom. The van der Waals surface area contributed by atoms with Crippen molar-refractivity contribution >= 4 is 11.8 Å². The van der Waals surface area contributed by atoms with Gasteiger partial charge in [-0.05, 0) is 12.1 Å². The van der Waals surface area contributed by atoms with Crippen LogP contribution in [0.3, 0.4) is 0 Å². The van der Waals surface area contributed by atoms with E-state index in [-0.39, 0.29) is 12.4 Å². The molecule has 0 aliphatic carbocycles. The van der Waals surface area contributed by atoms with Gasteiger partial charge in [-0.15, -0.1) is 0 Å². The Bertz CT molecular complexity index is 585. The number of H-pyrrole nitrogens is 1.